The van der Waals surface area contributed by atoms with Crippen molar-refractivity contribution >= 4 is 21.4 Å². The number of sulfonamides is 1. The number of likely N-dealkylation sites (N-methyl/N-ethyl adjacent to an activating group) is 1. The molecule has 120 valence electrons. The third-order valence-corrected chi connectivity index (χ3v) is 7.32. The Bertz CT molecular complexity index is 608. The van der Waals surface area contributed by atoms with Crippen LogP contribution in [-0.4, -0.2) is 56.9 Å². The van der Waals surface area contributed by atoms with Gasteiger partial charge < -0.3 is 5.32 Å². The fourth-order valence-corrected chi connectivity index (χ4v) is 5.78. The summed E-state index contributed by atoms with van der Waals surface area (Å²) in [6, 6.07) is 1.82. The van der Waals surface area contributed by atoms with Gasteiger partial charge in [-0.2, -0.15) is 4.31 Å². The predicted molar refractivity (Wildman–Crippen MR) is 87.3 cm³/mol. The van der Waals surface area contributed by atoms with E-state index in [2.05, 4.69) is 24.1 Å². The van der Waals surface area contributed by atoms with E-state index in [4.69, 9.17) is 0 Å². The summed E-state index contributed by atoms with van der Waals surface area (Å²) in [4.78, 5) is 4.61. The lowest BCUT2D eigenvalue weighted by molar-refractivity contribution is 0.0801. The van der Waals surface area contributed by atoms with Crippen LogP contribution in [0.3, 0.4) is 0 Å². The standard InChI is InChI=1S/C14H25N3O2S2/c1-11-13(8-12(20-11)9-15-4)21(18,19)17-7-6-16(5)14(2,3)10-17/h8,15H,6-7,9-10H2,1-5H3. The summed E-state index contributed by atoms with van der Waals surface area (Å²) in [6.45, 7) is 8.61. The maximum atomic E-state index is 12.9. The predicted octanol–water partition coefficient (Wildman–Crippen LogP) is 1.49. The van der Waals surface area contributed by atoms with Gasteiger partial charge in [-0.1, -0.05) is 0 Å². The summed E-state index contributed by atoms with van der Waals surface area (Å²) in [7, 11) is 0.518. The molecule has 2 heterocycles. The van der Waals surface area contributed by atoms with Gasteiger partial charge in [0.1, 0.15) is 0 Å². The summed E-state index contributed by atoms with van der Waals surface area (Å²) in [6.07, 6.45) is 0. The van der Waals surface area contributed by atoms with Crippen LogP contribution in [0, 0.1) is 6.92 Å². The maximum Gasteiger partial charge on any atom is 0.244 e. The SMILES string of the molecule is CNCc1cc(S(=O)(=O)N2CCN(C)C(C)(C)C2)c(C)s1. The summed E-state index contributed by atoms with van der Waals surface area (Å²) in [5.74, 6) is 0. The number of piperazine rings is 1. The molecule has 1 aromatic rings. The minimum atomic E-state index is -3.40. The maximum absolute atomic E-state index is 12.9. The van der Waals surface area contributed by atoms with E-state index >= 15 is 0 Å². The van der Waals surface area contributed by atoms with Crippen molar-refractivity contribution in [3.63, 3.8) is 0 Å². The van der Waals surface area contributed by atoms with Crippen LogP contribution in [0.15, 0.2) is 11.0 Å². The van der Waals surface area contributed by atoms with E-state index in [1.165, 1.54) is 0 Å². The second kappa shape index (κ2) is 5.96. The second-order valence-electron chi connectivity index (χ2n) is 6.24. The van der Waals surface area contributed by atoms with Gasteiger partial charge in [0.15, 0.2) is 0 Å². The Morgan fingerprint density at radius 1 is 1.38 bits per heavy atom. The van der Waals surface area contributed by atoms with Crippen LogP contribution < -0.4 is 5.32 Å². The lowest BCUT2D eigenvalue weighted by Gasteiger charge is -2.44. The van der Waals surface area contributed by atoms with E-state index in [0.717, 1.165) is 16.3 Å². The molecule has 0 aromatic carbocycles. The van der Waals surface area contributed by atoms with Gasteiger partial charge in [-0.25, -0.2) is 8.42 Å². The largest absolute Gasteiger partial charge is 0.315 e. The molecule has 1 fully saturated rings. The smallest absolute Gasteiger partial charge is 0.244 e. The molecule has 0 unspecified atom stereocenters. The molecule has 7 heteroatoms. The Morgan fingerprint density at radius 3 is 2.62 bits per heavy atom. The molecule has 2 rings (SSSR count). The lowest BCUT2D eigenvalue weighted by atomic mass is 10.0. The molecule has 1 N–H and O–H groups in total. The highest BCUT2D eigenvalue weighted by Crippen LogP contribution is 2.30. The van der Waals surface area contributed by atoms with Gasteiger partial charge in [0.25, 0.3) is 0 Å². The Balaban J connectivity index is 2.30. The summed E-state index contributed by atoms with van der Waals surface area (Å²) in [5.41, 5.74) is -0.136. The second-order valence-corrected chi connectivity index (χ2v) is 9.48. The van der Waals surface area contributed by atoms with E-state index in [1.807, 2.05) is 27.1 Å². The highest BCUT2D eigenvalue weighted by Gasteiger charge is 2.38. The van der Waals surface area contributed by atoms with E-state index in [9.17, 15) is 8.42 Å². The third kappa shape index (κ3) is 3.32. The minimum Gasteiger partial charge on any atom is -0.315 e. The Hall–Kier alpha value is -0.470. The first-order valence-electron chi connectivity index (χ1n) is 7.14. The molecule has 0 amide bonds. The highest BCUT2D eigenvalue weighted by molar-refractivity contribution is 7.89. The minimum absolute atomic E-state index is 0.136. The van der Waals surface area contributed by atoms with Gasteiger partial charge in [0.05, 0.1) is 4.90 Å². The van der Waals surface area contributed by atoms with E-state index < -0.39 is 10.0 Å². The summed E-state index contributed by atoms with van der Waals surface area (Å²) in [5, 5.41) is 3.07. The van der Waals surface area contributed by atoms with Crippen molar-refractivity contribution < 1.29 is 8.42 Å². The van der Waals surface area contributed by atoms with Crippen molar-refractivity contribution in [3.05, 3.63) is 15.8 Å². The average Bonchev–Trinajstić information content (AvgIpc) is 2.74. The number of aryl methyl sites for hydroxylation is 1. The molecule has 21 heavy (non-hydrogen) atoms. The Morgan fingerprint density at radius 2 is 2.05 bits per heavy atom. The number of thiophene rings is 1. The number of nitrogens with one attached hydrogen (secondary N) is 1. The zero-order valence-electron chi connectivity index (χ0n) is 13.4. The zero-order chi connectivity index (χ0) is 15.8. The van der Waals surface area contributed by atoms with Gasteiger partial charge in [-0.15, -0.1) is 11.3 Å². The molecule has 1 aromatic heterocycles. The molecular weight excluding hydrogens is 306 g/mol. The quantitative estimate of drug-likeness (QED) is 0.908. The average molecular weight is 332 g/mol. The van der Waals surface area contributed by atoms with Crippen LogP contribution in [0.4, 0.5) is 0 Å². The third-order valence-electron chi connectivity index (χ3n) is 4.17. The zero-order valence-corrected chi connectivity index (χ0v) is 15.1. The van der Waals surface area contributed by atoms with Gasteiger partial charge in [-0.3, -0.25) is 4.90 Å². The van der Waals surface area contributed by atoms with Crippen molar-refractivity contribution in [2.75, 3.05) is 33.7 Å². The van der Waals surface area contributed by atoms with Crippen LogP contribution in [0.2, 0.25) is 0 Å². The summed E-state index contributed by atoms with van der Waals surface area (Å²) < 4.78 is 27.5. The van der Waals surface area contributed by atoms with Crippen molar-refractivity contribution in [1.29, 1.82) is 0 Å². The Kier molecular flexibility index (Phi) is 4.80. The van der Waals surface area contributed by atoms with E-state index in [1.54, 1.807) is 15.6 Å². The number of hydrogen-bond donors (Lipinski definition) is 1. The molecular formula is C14H25N3O2S2. The molecule has 5 nitrogen and oxygen atoms in total. The van der Waals surface area contributed by atoms with Crippen molar-refractivity contribution in [2.45, 2.75) is 37.8 Å². The van der Waals surface area contributed by atoms with Crippen molar-refractivity contribution in [1.82, 2.24) is 14.5 Å². The first-order chi connectivity index (χ1) is 9.68. The summed E-state index contributed by atoms with van der Waals surface area (Å²) >= 11 is 1.55. The number of hydrogen-bond acceptors (Lipinski definition) is 5. The topological polar surface area (TPSA) is 52.7 Å². The van der Waals surface area contributed by atoms with Gasteiger partial charge in [0.2, 0.25) is 10.0 Å². The van der Waals surface area contributed by atoms with E-state index in [-0.39, 0.29) is 5.54 Å². The molecule has 0 spiro atoms. The molecule has 0 bridgehead atoms. The fourth-order valence-electron chi connectivity index (χ4n) is 2.58. The fraction of sp³-hybridized carbons (Fsp3) is 0.714. The van der Waals surface area contributed by atoms with Crippen LogP contribution in [0.1, 0.15) is 23.6 Å². The van der Waals surface area contributed by atoms with Crippen LogP contribution >= 0.6 is 11.3 Å². The molecule has 0 aliphatic carbocycles. The van der Waals surface area contributed by atoms with E-state index in [0.29, 0.717) is 24.5 Å². The molecule has 0 atom stereocenters. The van der Waals surface area contributed by atoms with Crippen molar-refractivity contribution in [2.24, 2.45) is 0 Å². The monoisotopic (exact) mass is 331 g/mol. The van der Waals surface area contributed by atoms with Crippen molar-refractivity contribution in [3.8, 4) is 0 Å². The Labute approximate surface area is 132 Å². The van der Waals surface area contributed by atoms with Gasteiger partial charge in [0, 0.05) is 41.5 Å². The number of rotatable bonds is 4. The first kappa shape index (κ1) is 16.9. The lowest BCUT2D eigenvalue weighted by Crippen LogP contribution is -2.58. The molecule has 1 aliphatic rings. The highest BCUT2D eigenvalue weighted by atomic mass is 32.2. The normalized spacial score (nSPS) is 20.8. The van der Waals surface area contributed by atoms with Crippen LogP contribution in [0.25, 0.3) is 0 Å². The van der Waals surface area contributed by atoms with Crippen LogP contribution in [-0.2, 0) is 16.6 Å². The molecule has 1 aliphatic heterocycles. The molecule has 1 saturated heterocycles. The van der Waals surface area contributed by atoms with Gasteiger partial charge in [-0.05, 0) is 40.9 Å². The first-order valence-corrected chi connectivity index (χ1v) is 9.39. The molecule has 0 saturated carbocycles. The number of nitrogens with zero attached hydrogens (tertiary/aromatic N) is 2. The van der Waals surface area contributed by atoms with Gasteiger partial charge >= 0.3 is 0 Å². The molecule has 0 radical (unpaired) electrons. The van der Waals surface area contributed by atoms with Crippen LogP contribution in [0.5, 0.6) is 0 Å².